The van der Waals surface area contributed by atoms with Gasteiger partial charge in [0.25, 0.3) is 5.91 Å². The van der Waals surface area contributed by atoms with Crippen molar-refractivity contribution >= 4 is 22.9 Å². The minimum Gasteiger partial charge on any atom is -0.481 e. The molecule has 0 radical (unpaired) electrons. The lowest BCUT2D eigenvalue weighted by atomic mass is 9.83. The quantitative estimate of drug-likeness (QED) is 0.448. The summed E-state index contributed by atoms with van der Waals surface area (Å²) >= 11 is 0. The van der Waals surface area contributed by atoms with Crippen molar-refractivity contribution in [3.63, 3.8) is 0 Å². The van der Waals surface area contributed by atoms with Crippen LogP contribution >= 0.6 is 0 Å². The number of carboxylic acid groups (broad SMARTS) is 1. The number of amides is 1. The number of carbonyl (C=O) groups excluding carboxylic acids is 1. The number of hydrogen-bond donors (Lipinski definition) is 1. The van der Waals surface area contributed by atoms with Gasteiger partial charge in [0.05, 0.1) is 11.9 Å². The Hall–Kier alpha value is -4.00. The molecule has 1 aliphatic rings. The monoisotopic (exact) mass is 468 g/mol. The predicted octanol–water partition coefficient (Wildman–Crippen LogP) is 4.56. The lowest BCUT2D eigenvalue weighted by Crippen LogP contribution is -2.36. The van der Waals surface area contributed by atoms with Gasteiger partial charge in [0.2, 0.25) is 0 Å². The van der Waals surface area contributed by atoms with E-state index in [1.165, 1.54) is 5.56 Å². The van der Waals surface area contributed by atoms with Crippen LogP contribution in [-0.2, 0) is 24.3 Å². The second-order valence-electron chi connectivity index (χ2n) is 9.07. The van der Waals surface area contributed by atoms with Crippen LogP contribution in [-0.4, -0.2) is 43.4 Å². The molecule has 4 aromatic rings. The van der Waals surface area contributed by atoms with E-state index >= 15 is 0 Å². The van der Waals surface area contributed by atoms with Gasteiger partial charge in [-0.1, -0.05) is 47.7 Å². The summed E-state index contributed by atoms with van der Waals surface area (Å²) in [6, 6.07) is 19.5. The summed E-state index contributed by atoms with van der Waals surface area (Å²) in [6.45, 7) is 5.90. The summed E-state index contributed by atoms with van der Waals surface area (Å²) in [4.78, 5) is 26.8. The molecule has 1 aromatic heterocycles. The summed E-state index contributed by atoms with van der Waals surface area (Å²) < 4.78 is 1.84. The van der Waals surface area contributed by atoms with Gasteiger partial charge >= 0.3 is 5.97 Å². The minimum atomic E-state index is -0.856. The number of hydrogen-bond acceptors (Lipinski definition) is 4. The summed E-state index contributed by atoms with van der Waals surface area (Å²) in [5, 5.41) is 18.3. The molecule has 2 heterocycles. The van der Waals surface area contributed by atoms with Gasteiger partial charge in [-0.05, 0) is 66.3 Å². The second-order valence-corrected chi connectivity index (χ2v) is 9.07. The Labute approximate surface area is 204 Å². The summed E-state index contributed by atoms with van der Waals surface area (Å²) in [7, 11) is 0. The van der Waals surface area contributed by atoms with Crippen LogP contribution < -0.4 is 0 Å². The zero-order valence-electron chi connectivity index (χ0n) is 19.9. The molecule has 1 atom stereocenters. The smallest absolute Gasteiger partial charge is 0.304 e. The maximum absolute atomic E-state index is 13.0. The zero-order valence-corrected chi connectivity index (χ0v) is 19.9. The van der Waals surface area contributed by atoms with Gasteiger partial charge in [-0.15, -0.1) is 5.10 Å². The van der Waals surface area contributed by atoms with E-state index in [0.717, 1.165) is 46.3 Å². The molecule has 0 saturated carbocycles. The average molecular weight is 469 g/mol. The molecule has 3 aromatic carbocycles. The van der Waals surface area contributed by atoms with Crippen molar-refractivity contribution in [2.45, 2.75) is 45.7 Å². The van der Waals surface area contributed by atoms with E-state index in [9.17, 15) is 14.7 Å². The van der Waals surface area contributed by atoms with Crippen LogP contribution in [0.4, 0.5) is 0 Å². The van der Waals surface area contributed by atoms with E-state index in [0.29, 0.717) is 18.7 Å². The van der Waals surface area contributed by atoms with E-state index < -0.39 is 5.97 Å². The standard InChI is InChI=1S/C28H28N4O3/c1-3-32-25-12-11-23(18(2)27(25)29-30-32)24(16-26(33)34)21-10-9-19-13-14-31(17-22(19)15-21)28(35)20-7-5-4-6-8-20/h4-12,15,24H,3,13-14,16-17H2,1-2H3,(H,33,34)/t24-/m0/s1. The molecule has 0 spiro atoms. The third kappa shape index (κ3) is 4.30. The van der Waals surface area contributed by atoms with Gasteiger partial charge < -0.3 is 10.0 Å². The van der Waals surface area contributed by atoms with Crippen molar-refractivity contribution in [2.75, 3.05) is 6.54 Å². The fraction of sp³-hybridized carbons (Fsp3) is 0.286. The van der Waals surface area contributed by atoms with Crippen molar-refractivity contribution in [3.05, 3.63) is 94.0 Å². The van der Waals surface area contributed by atoms with Crippen LogP contribution in [0, 0.1) is 6.92 Å². The lowest BCUT2D eigenvalue weighted by molar-refractivity contribution is -0.137. The molecule has 1 N–H and O–H groups in total. The largest absolute Gasteiger partial charge is 0.481 e. The van der Waals surface area contributed by atoms with Crippen LogP contribution in [0.1, 0.15) is 57.4 Å². The molecule has 7 heteroatoms. The molecule has 1 amide bonds. The fourth-order valence-electron chi connectivity index (χ4n) is 5.11. The molecule has 1 aliphatic heterocycles. The maximum atomic E-state index is 13.0. The number of rotatable bonds is 6. The molecule has 0 aliphatic carbocycles. The Morgan fingerprint density at radius 1 is 1.06 bits per heavy atom. The SMILES string of the molecule is CCn1nnc2c(C)c([C@@H](CC(=O)O)c3ccc4c(c3)CN(C(=O)c3ccccc3)CC4)ccc21. The van der Waals surface area contributed by atoms with E-state index in [1.54, 1.807) is 0 Å². The van der Waals surface area contributed by atoms with Crippen LogP contribution in [0.3, 0.4) is 0 Å². The molecule has 5 rings (SSSR count). The number of aliphatic carboxylic acids is 1. The molecule has 178 valence electrons. The fourth-order valence-corrected chi connectivity index (χ4v) is 5.11. The summed E-state index contributed by atoms with van der Waals surface area (Å²) in [5.41, 5.74) is 7.54. The second kappa shape index (κ2) is 9.33. The number of carbonyl (C=O) groups is 2. The highest BCUT2D eigenvalue weighted by atomic mass is 16.4. The van der Waals surface area contributed by atoms with Crippen molar-refractivity contribution in [2.24, 2.45) is 0 Å². The molecule has 0 unspecified atom stereocenters. The Bertz CT molecular complexity index is 1410. The van der Waals surface area contributed by atoms with Gasteiger partial charge in [0.1, 0.15) is 5.52 Å². The first-order chi connectivity index (χ1) is 17.0. The molecule has 0 fully saturated rings. The average Bonchev–Trinajstić information content (AvgIpc) is 3.31. The number of carboxylic acids is 1. The summed E-state index contributed by atoms with van der Waals surface area (Å²) in [6.07, 6.45) is 0.753. The number of benzene rings is 3. The minimum absolute atomic E-state index is 0.0176. The maximum Gasteiger partial charge on any atom is 0.304 e. The van der Waals surface area contributed by atoms with Gasteiger partial charge in [0.15, 0.2) is 0 Å². The van der Waals surface area contributed by atoms with Gasteiger partial charge in [0, 0.05) is 31.1 Å². The first-order valence-electron chi connectivity index (χ1n) is 12.0. The zero-order chi connectivity index (χ0) is 24.5. The van der Waals surface area contributed by atoms with E-state index in [4.69, 9.17) is 0 Å². The molecule has 7 nitrogen and oxygen atoms in total. The lowest BCUT2D eigenvalue weighted by Gasteiger charge is -2.30. The van der Waals surface area contributed by atoms with E-state index in [-0.39, 0.29) is 18.2 Å². The Balaban J connectivity index is 1.50. The Morgan fingerprint density at radius 2 is 1.86 bits per heavy atom. The van der Waals surface area contributed by atoms with Crippen LogP contribution in [0.25, 0.3) is 11.0 Å². The summed E-state index contributed by atoms with van der Waals surface area (Å²) in [5.74, 6) is -1.16. The van der Waals surface area contributed by atoms with E-state index in [2.05, 4.69) is 22.4 Å². The number of nitrogens with zero attached hydrogens (tertiary/aromatic N) is 4. The van der Waals surface area contributed by atoms with Crippen molar-refractivity contribution in [1.82, 2.24) is 19.9 Å². The molecular formula is C28H28N4O3. The molecule has 0 saturated heterocycles. The van der Waals surface area contributed by atoms with Crippen molar-refractivity contribution in [3.8, 4) is 0 Å². The first kappa shape index (κ1) is 22.8. The Morgan fingerprint density at radius 3 is 2.60 bits per heavy atom. The van der Waals surface area contributed by atoms with Crippen LogP contribution in [0.5, 0.6) is 0 Å². The highest BCUT2D eigenvalue weighted by molar-refractivity contribution is 5.94. The Kier molecular flexibility index (Phi) is 6.07. The highest BCUT2D eigenvalue weighted by Gasteiger charge is 2.26. The normalized spacial score (nSPS) is 14.1. The van der Waals surface area contributed by atoms with Gasteiger partial charge in [-0.25, -0.2) is 4.68 Å². The van der Waals surface area contributed by atoms with Crippen molar-refractivity contribution in [1.29, 1.82) is 0 Å². The molecule has 35 heavy (non-hydrogen) atoms. The third-order valence-electron chi connectivity index (χ3n) is 6.99. The van der Waals surface area contributed by atoms with Gasteiger partial charge in [-0.2, -0.15) is 0 Å². The number of aromatic nitrogens is 3. The molecule has 0 bridgehead atoms. The van der Waals surface area contributed by atoms with Crippen LogP contribution in [0.2, 0.25) is 0 Å². The first-order valence-corrected chi connectivity index (χ1v) is 12.0. The predicted molar refractivity (Wildman–Crippen MR) is 133 cm³/mol. The van der Waals surface area contributed by atoms with Crippen molar-refractivity contribution < 1.29 is 14.7 Å². The van der Waals surface area contributed by atoms with Crippen LogP contribution in [0.15, 0.2) is 60.7 Å². The highest BCUT2D eigenvalue weighted by Crippen LogP contribution is 2.35. The van der Waals surface area contributed by atoms with E-state index in [1.807, 2.05) is 72.0 Å². The third-order valence-corrected chi connectivity index (χ3v) is 6.99. The molecular weight excluding hydrogens is 440 g/mol. The van der Waals surface area contributed by atoms with Gasteiger partial charge in [-0.3, -0.25) is 9.59 Å². The number of aryl methyl sites for hydroxylation is 2. The topological polar surface area (TPSA) is 88.3 Å². The number of fused-ring (bicyclic) bond motifs is 2.